The van der Waals surface area contributed by atoms with Gasteiger partial charge in [-0.25, -0.2) is 0 Å². The smallest absolute Gasteiger partial charge is 0.240 e. The summed E-state index contributed by atoms with van der Waals surface area (Å²) in [7, 11) is 0. The van der Waals surface area contributed by atoms with Gasteiger partial charge in [0.2, 0.25) is 11.8 Å². The molecule has 2 amide bonds. The molecule has 0 heterocycles. The molecule has 4 nitrogen and oxygen atoms in total. The highest BCUT2D eigenvalue weighted by molar-refractivity contribution is 5.85. The summed E-state index contributed by atoms with van der Waals surface area (Å²) >= 11 is 0. The monoisotopic (exact) mass is 264 g/mol. The molecule has 0 spiro atoms. The third-order valence-corrected chi connectivity index (χ3v) is 5.52. The molecule has 3 N–H and O–H groups in total. The van der Waals surface area contributed by atoms with Gasteiger partial charge in [0.25, 0.3) is 0 Å². The van der Waals surface area contributed by atoms with Gasteiger partial charge in [-0.1, -0.05) is 0 Å². The highest BCUT2D eigenvalue weighted by atomic mass is 16.2. The van der Waals surface area contributed by atoms with Crippen molar-refractivity contribution in [1.29, 1.82) is 0 Å². The number of rotatable bonds is 4. The predicted molar refractivity (Wildman–Crippen MR) is 72.0 cm³/mol. The van der Waals surface area contributed by atoms with Crippen molar-refractivity contribution in [3.63, 3.8) is 0 Å². The molecule has 4 saturated carbocycles. The molecule has 4 fully saturated rings. The van der Waals surface area contributed by atoms with E-state index in [1.807, 2.05) is 0 Å². The second kappa shape index (κ2) is 4.50. The summed E-state index contributed by atoms with van der Waals surface area (Å²) in [5, 5.41) is 2.74. The molecule has 1 unspecified atom stereocenters. The Kier molecular flexibility index (Phi) is 3.06. The SMILES string of the molecule is CC(=O)NC(CC12CC3CC(CC(C3)C1)C2)C(N)=O. The lowest BCUT2D eigenvalue weighted by atomic mass is 9.48. The zero-order chi connectivity index (χ0) is 13.6. The molecule has 19 heavy (non-hydrogen) atoms. The number of amides is 2. The number of nitrogens with one attached hydrogen (secondary N) is 1. The number of hydrogen-bond acceptors (Lipinski definition) is 2. The van der Waals surface area contributed by atoms with E-state index in [1.165, 1.54) is 45.4 Å². The Bertz CT molecular complexity index is 370. The molecular weight excluding hydrogens is 240 g/mol. The lowest BCUT2D eigenvalue weighted by Gasteiger charge is -2.57. The van der Waals surface area contributed by atoms with Crippen molar-refractivity contribution in [1.82, 2.24) is 5.32 Å². The molecule has 0 aromatic rings. The fraction of sp³-hybridized carbons (Fsp3) is 0.867. The summed E-state index contributed by atoms with van der Waals surface area (Å²) in [5.74, 6) is 2.03. The highest BCUT2D eigenvalue weighted by Crippen LogP contribution is 2.61. The summed E-state index contributed by atoms with van der Waals surface area (Å²) < 4.78 is 0. The Morgan fingerprint density at radius 3 is 2.00 bits per heavy atom. The molecule has 4 bridgehead atoms. The van der Waals surface area contributed by atoms with Crippen molar-refractivity contribution >= 4 is 11.8 Å². The van der Waals surface area contributed by atoms with E-state index in [9.17, 15) is 9.59 Å². The van der Waals surface area contributed by atoms with Gasteiger partial charge in [0.1, 0.15) is 6.04 Å². The van der Waals surface area contributed by atoms with Crippen LogP contribution in [0.3, 0.4) is 0 Å². The summed E-state index contributed by atoms with van der Waals surface area (Å²) in [6, 6.07) is -0.478. The maximum Gasteiger partial charge on any atom is 0.240 e. The minimum absolute atomic E-state index is 0.159. The first kappa shape index (κ1) is 12.9. The molecule has 106 valence electrons. The van der Waals surface area contributed by atoms with Gasteiger partial charge < -0.3 is 11.1 Å². The van der Waals surface area contributed by atoms with Gasteiger partial charge in [0.15, 0.2) is 0 Å². The van der Waals surface area contributed by atoms with Crippen LogP contribution in [0.5, 0.6) is 0 Å². The Morgan fingerprint density at radius 2 is 1.63 bits per heavy atom. The molecule has 4 aliphatic carbocycles. The second-order valence-electron chi connectivity index (χ2n) is 7.28. The van der Waals surface area contributed by atoms with Crippen LogP contribution in [-0.4, -0.2) is 17.9 Å². The second-order valence-corrected chi connectivity index (χ2v) is 7.28. The van der Waals surface area contributed by atoms with Gasteiger partial charge in [0, 0.05) is 6.92 Å². The number of hydrogen-bond donors (Lipinski definition) is 2. The van der Waals surface area contributed by atoms with E-state index in [1.54, 1.807) is 0 Å². The van der Waals surface area contributed by atoms with Gasteiger partial charge in [-0.3, -0.25) is 9.59 Å². The van der Waals surface area contributed by atoms with Crippen LogP contribution in [0.1, 0.15) is 51.9 Å². The highest BCUT2D eigenvalue weighted by Gasteiger charge is 2.51. The summed E-state index contributed by atoms with van der Waals surface area (Å²) in [4.78, 5) is 22.8. The van der Waals surface area contributed by atoms with E-state index in [0.717, 1.165) is 24.2 Å². The first-order valence-electron chi connectivity index (χ1n) is 7.52. The molecule has 4 aliphatic rings. The number of primary amides is 1. The summed E-state index contributed by atoms with van der Waals surface area (Å²) in [5.41, 5.74) is 5.74. The standard InChI is InChI=1S/C15H24N2O2/c1-9(18)17-13(14(16)19)8-15-5-10-2-11(6-15)4-12(3-10)7-15/h10-13H,2-8H2,1H3,(H2,16,19)(H,17,18). The largest absolute Gasteiger partial charge is 0.368 e. The summed E-state index contributed by atoms with van der Waals surface area (Å²) in [6.45, 7) is 1.45. The number of nitrogens with two attached hydrogens (primary N) is 1. The Labute approximate surface area is 114 Å². The third kappa shape index (κ3) is 2.49. The Morgan fingerprint density at radius 1 is 1.16 bits per heavy atom. The fourth-order valence-electron chi connectivity index (χ4n) is 5.44. The van der Waals surface area contributed by atoms with Crippen LogP contribution in [0.25, 0.3) is 0 Å². The predicted octanol–water partition coefficient (Wildman–Crippen LogP) is 1.58. The van der Waals surface area contributed by atoms with Crippen LogP contribution in [0.15, 0.2) is 0 Å². The third-order valence-electron chi connectivity index (χ3n) is 5.52. The number of carbonyl (C=O) groups is 2. The van der Waals surface area contributed by atoms with E-state index in [2.05, 4.69) is 5.32 Å². The number of carbonyl (C=O) groups excluding carboxylic acids is 2. The van der Waals surface area contributed by atoms with Crippen LogP contribution < -0.4 is 11.1 Å². The molecule has 1 atom stereocenters. The summed E-state index contributed by atoms with van der Waals surface area (Å²) in [6.07, 6.45) is 8.64. The molecule has 0 aromatic carbocycles. The van der Waals surface area contributed by atoms with Crippen molar-refractivity contribution < 1.29 is 9.59 Å². The average molecular weight is 264 g/mol. The van der Waals surface area contributed by atoms with Crippen LogP contribution in [0.4, 0.5) is 0 Å². The van der Waals surface area contributed by atoms with E-state index in [0.29, 0.717) is 0 Å². The van der Waals surface area contributed by atoms with Gasteiger partial charge in [-0.15, -0.1) is 0 Å². The van der Waals surface area contributed by atoms with Gasteiger partial charge in [-0.05, 0) is 68.1 Å². The van der Waals surface area contributed by atoms with Crippen LogP contribution >= 0.6 is 0 Å². The Hall–Kier alpha value is -1.06. The molecule has 0 saturated heterocycles. The minimum atomic E-state index is -0.478. The lowest BCUT2D eigenvalue weighted by Crippen LogP contribution is -2.52. The van der Waals surface area contributed by atoms with Crippen molar-refractivity contribution in [2.45, 2.75) is 57.9 Å². The van der Waals surface area contributed by atoms with Crippen LogP contribution in [0.2, 0.25) is 0 Å². The van der Waals surface area contributed by atoms with E-state index in [-0.39, 0.29) is 17.2 Å². The average Bonchev–Trinajstić information content (AvgIpc) is 2.24. The minimum Gasteiger partial charge on any atom is -0.368 e. The van der Waals surface area contributed by atoms with Gasteiger partial charge in [0.05, 0.1) is 0 Å². The maximum atomic E-state index is 11.6. The van der Waals surface area contributed by atoms with Gasteiger partial charge >= 0.3 is 0 Å². The topological polar surface area (TPSA) is 72.2 Å². The molecule has 4 rings (SSSR count). The Balaban J connectivity index is 1.74. The molecule has 0 aromatic heterocycles. The fourth-order valence-corrected chi connectivity index (χ4v) is 5.44. The van der Waals surface area contributed by atoms with E-state index < -0.39 is 6.04 Å². The normalized spacial score (nSPS) is 41.0. The molecular formula is C15H24N2O2. The first-order chi connectivity index (χ1) is 8.96. The maximum absolute atomic E-state index is 11.6. The van der Waals surface area contributed by atoms with Crippen LogP contribution in [0, 0.1) is 23.2 Å². The van der Waals surface area contributed by atoms with Crippen molar-refractivity contribution in [3.05, 3.63) is 0 Å². The van der Waals surface area contributed by atoms with Crippen molar-refractivity contribution in [2.75, 3.05) is 0 Å². The zero-order valence-corrected chi connectivity index (χ0v) is 11.7. The molecule has 0 radical (unpaired) electrons. The molecule has 4 heteroatoms. The van der Waals surface area contributed by atoms with Crippen LogP contribution in [-0.2, 0) is 9.59 Å². The lowest BCUT2D eigenvalue weighted by molar-refractivity contribution is -0.129. The van der Waals surface area contributed by atoms with E-state index >= 15 is 0 Å². The van der Waals surface area contributed by atoms with E-state index in [4.69, 9.17) is 5.73 Å². The quantitative estimate of drug-likeness (QED) is 0.809. The molecule has 0 aliphatic heterocycles. The zero-order valence-electron chi connectivity index (χ0n) is 11.7. The van der Waals surface area contributed by atoms with Gasteiger partial charge in [-0.2, -0.15) is 0 Å². The van der Waals surface area contributed by atoms with Crippen molar-refractivity contribution in [2.24, 2.45) is 28.9 Å². The van der Waals surface area contributed by atoms with Crippen molar-refractivity contribution in [3.8, 4) is 0 Å². The first-order valence-corrected chi connectivity index (χ1v) is 7.52.